The molecule has 0 aliphatic rings. The van der Waals surface area contributed by atoms with E-state index in [1.807, 2.05) is 36.7 Å². The van der Waals surface area contributed by atoms with Gasteiger partial charge in [0.15, 0.2) is 0 Å². The van der Waals surface area contributed by atoms with E-state index in [1.165, 1.54) is 0 Å². The van der Waals surface area contributed by atoms with Crippen LogP contribution < -0.4 is 10.4 Å². The maximum absolute atomic E-state index is 10.2. The number of hydrogen-bond donors (Lipinski definition) is 1. The largest absolute Gasteiger partial charge is 0.507 e. The van der Waals surface area contributed by atoms with Crippen LogP contribution in [0.1, 0.15) is 45.1 Å². The number of aromatic hydroxyl groups is 1. The minimum Gasteiger partial charge on any atom is -0.507 e. The van der Waals surface area contributed by atoms with Gasteiger partial charge in [-0.05, 0) is 51.1 Å². The molecule has 2 rings (SSSR count). The summed E-state index contributed by atoms with van der Waals surface area (Å²) in [5.41, 5.74) is 2.05. The fourth-order valence-corrected chi connectivity index (χ4v) is 3.60. The molecule has 3 nitrogen and oxygen atoms in total. The van der Waals surface area contributed by atoms with Gasteiger partial charge in [-0.1, -0.05) is 12.2 Å². The first-order valence-electron chi connectivity index (χ1n) is 7.71. The van der Waals surface area contributed by atoms with Crippen molar-refractivity contribution in [3.63, 3.8) is 0 Å². The van der Waals surface area contributed by atoms with E-state index in [1.54, 1.807) is 11.8 Å². The Morgan fingerprint density at radius 3 is 2.57 bits per heavy atom. The van der Waals surface area contributed by atoms with Crippen molar-refractivity contribution in [1.29, 1.82) is 0 Å². The summed E-state index contributed by atoms with van der Waals surface area (Å²) in [4.78, 5) is 1.05. The van der Waals surface area contributed by atoms with Crippen molar-refractivity contribution in [1.82, 2.24) is 9.78 Å². The number of rotatable bonds is 5. The fraction of sp³-hybridized carbons (Fsp3) is 0.389. The van der Waals surface area contributed by atoms with E-state index in [-0.39, 0.29) is 0 Å². The highest BCUT2D eigenvalue weighted by atomic mass is 35.5. The van der Waals surface area contributed by atoms with Crippen LogP contribution in [-0.4, -0.2) is 14.9 Å². The summed E-state index contributed by atoms with van der Waals surface area (Å²) in [6.07, 6.45) is 3.95. The number of aromatic nitrogens is 2. The molecular weight excluding hydrogens is 328 g/mol. The Bertz CT molecular complexity index is 796. The number of benzene rings is 1. The normalized spacial score (nSPS) is 13.3. The molecule has 5 heteroatoms. The third kappa shape index (κ3) is 4.12. The van der Waals surface area contributed by atoms with Gasteiger partial charge in [0.05, 0.1) is 11.6 Å². The van der Waals surface area contributed by atoms with Crippen molar-refractivity contribution in [2.45, 2.75) is 50.3 Å². The standard InChI is InChI=1S/C18H23ClN2OS/c1-5-13-7-16(9-18(22)17(13)6-2)23-11-15-8-14(10-19)20-21(15)12(3)4/h5-9,12,22H,10-11H2,1-4H3/b13-5-,17-6+. The third-order valence-corrected chi connectivity index (χ3v) is 4.92. The molecule has 23 heavy (non-hydrogen) atoms. The SMILES string of the molecule is C/C=c1/cc(SCc2cc(CCl)nn2C(C)C)cc(O)/c1=C/C. The van der Waals surface area contributed by atoms with E-state index in [2.05, 4.69) is 31.1 Å². The summed E-state index contributed by atoms with van der Waals surface area (Å²) in [5.74, 6) is 1.54. The second-order valence-electron chi connectivity index (χ2n) is 5.61. The lowest BCUT2D eigenvalue weighted by atomic mass is 10.2. The minimum atomic E-state index is 0.299. The van der Waals surface area contributed by atoms with Crippen LogP contribution in [0.15, 0.2) is 23.1 Å². The lowest BCUT2D eigenvalue weighted by Gasteiger charge is -2.11. The summed E-state index contributed by atoms with van der Waals surface area (Å²) in [7, 11) is 0. The van der Waals surface area contributed by atoms with Crippen molar-refractivity contribution in [3.8, 4) is 5.75 Å². The molecule has 124 valence electrons. The summed E-state index contributed by atoms with van der Waals surface area (Å²) in [6, 6.07) is 6.29. The van der Waals surface area contributed by atoms with Crippen LogP contribution in [0.5, 0.6) is 5.75 Å². The van der Waals surface area contributed by atoms with Crippen LogP contribution in [0, 0.1) is 0 Å². The summed E-state index contributed by atoms with van der Waals surface area (Å²) in [5, 5.41) is 16.6. The van der Waals surface area contributed by atoms with Crippen LogP contribution in [0.2, 0.25) is 0 Å². The highest BCUT2D eigenvalue weighted by molar-refractivity contribution is 7.98. The second-order valence-corrected chi connectivity index (χ2v) is 6.93. The summed E-state index contributed by atoms with van der Waals surface area (Å²) in [6.45, 7) is 8.14. The molecule has 0 bridgehead atoms. The highest BCUT2D eigenvalue weighted by Gasteiger charge is 2.11. The molecule has 0 saturated heterocycles. The molecule has 1 heterocycles. The van der Waals surface area contributed by atoms with Crippen molar-refractivity contribution in [2.24, 2.45) is 0 Å². The summed E-state index contributed by atoms with van der Waals surface area (Å²) < 4.78 is 2.02. The molecule has 0 fully saturated rings. The summed E-state index contributed by atoms with van der Waals surface area (Å²) >= 11 is 7.60. The predicted octanol–water partition coefficient (Wildman–Crippen LogP) is 3.80. The molecule has 1 aromatic carbocycles. The fourth-order valence-electron chi connectivity index (χ4n) is 2.54. The van der Waals surface area contributed by atoms with Gasteiger partial charge in [0, 0.05) is 27.6 Å². The van der Waals surface area contributed by atoms with Gasteiger partial charge in [-0.2, -0.15) is 5.10 Å². The lowest BCUT2D eigenvalue weighted by Crippen LogP contribution is -2.24. The molecule has 1 N–H and O–H groups in total. The van der Waals surface area contributed by atoms with Crippen LogP contribution in [0.4, 0.5) is 0 Å². The molecule has 0 aliphatic carbocycles. The number of thioether (sulfide) groups is 1. The molecule has 0 unspecified atom stereocenters. The Balaban J connectivity index is 2.29. The number of nitrogens with zero attached hydrogens (tertiary/aromatic N) is 2. The van der Waals surface area contributed by atoms with Crippen molar-refractivity contribution >= 4 is 35.5 Å². The number of hydrogen-bond acceptors (Lipinski definition) is 3. The minimum absolute atomic E-state index is 0.299. The molecule has 1 aromatic heterocycles. The number of halogens is 1. The van der Waals surface area contributed by atoms with Gasteiger partial charge in [0.2, 0.25) is 0 Å². The maximum Gasteiger partial charge on any atom is 0.124 e. The Hall–Kier alpha value is -1.39. The zero-order valence-corrected chi connectivity index (χ0v) is 15.6. The van der Waals surface area contributed by atoms with Gasteiger partial charge in [-0.15, -0.1) is 23.4 Å². The number of alkyl halides is 1. The molecular formula is C18H23ClN2OS. The zero-order chi connectivity index (χ0) is 17.0. The molecule has 0 amide bonds. The van der Waals surface area contributed by atoms with Crippen LogP contribution in [-0.2, 0) is 11.6 Å². The van der Waals surface area contributed by atoms with Gasteiger partial charge < -0.3 is 5.11 Å². The Morgan fingerprint density at radius 2 is 2.00 bits per heavy atom. The Morgan fingerprint density at radius 1 is 1.26 bits per heavy atom. The first-order valence-corrected chi connectivity index (χ1v) is 9.24. The Kier molecular flexibility index (Phi) is 6.19. The van der Waals surface area contributed by atoms with Gasteiger partial charge in [-0.25, -0.2) is 0 Å². The van der Waals surface area contributed by atoms with Crippen molar-refractivity contribution in [2.75, 3.05) is 0 Å². The van der Waals surface area contributed by atoms with E-state index in [4.69, 9.17) is 11.6 Å². The monoisotopic (exact) mass is 350 g/mol. The van der Waals surface area contributed by atoms with E-state index in [9.17, 15) is 5.11 Å². The van der Waals surface area contributed by atoms with Crippen molar-refractivity contribution in [3.05, 3.63) is 40.0 Å². The smallest absolute Gasteiger partial charge is 0.124 e. The lowest BCUT2D eigenvalue weighted by molar-refractivity contribution is 0.468. The average molecular weight is 351 g/mol. The van der Waals surface area contributed by atoms with Gasteiger partial charge in [0.25, 0.3) is 0 Å². The third-order valence-electron chi connectivity index (χ3n) is 3.64. The molecule has 0 saturated carbocycles. The Labute approximate surface area is 146 Å². The first kappa shape index (κ1) is 18.0. The first-order chi connectivity index (χ1) is 11.0. The van der Waals surface area contributed by atoms with E-state index >= 15 is 0 Å². The molecule has 0 atom stereocenters. The highest BCUT2D eigenvalue weighted by Crippen LogP contribution is 2.25. The number of phenolic OH excluding ortho intramolecular Hbond substituents is 1. The molecule has 2 aromatic rings. The van der Waals surface area contributed by atoms with Gasteiger partial charge >= 0.3 is 0 Å². The van der Waals surface area contributed by atoms with Crippen LogP contribution >= 0.6 is 23.4 Å². The topological polar surface area (TPSA) is 38.0 Å². The molecule has 0 aliphatic heterocycles. The van der Waals surface area contributed by atoms with Gasteiger partial charge in [-0.3, -0.25) is 4.68 Å². The molecule has 0 radical (unpaired) electrons. The quantitative estimate of drug-likeness (QED) is 0.658. The number of phenols is 1. The van der Waals surface area contributed by atoms with Crippen molar-refractivity contribution < 1.29 is 5.11 Å². The van der Waals surface area contributed by atoms with Gasteiger partial charge in [0.1, 0.15) is 5.75 Å². The van der Waals surface area contributed by atoms with E-state index < -0.39 is 0 Å². The molecule has 0 spiro atoms. The second kappa shape index (κ2) is 7.93. The average Bonchev–Trinajstić information content (AvgIpc) is 2.96. The zero-order valence-electron chi connectivity index (χ0n) is 14.0. The van der Waals surface area contributed by atoms with Crippen LogP contribution in [0.25, 0.3) is 12.2 Å². The van der Waals surface area contributed by atoms with E-state index in [0.29, 0.717) is 17.7 Å². The van der Waals surface area contributed by atoms with E-state index in [0.717, 1.165) is 32.5 Å². The maximum atomic E-state index is 10.2. The predicted molar refractivity (Wildman–Crippen MR) is 99.4 cm³/mol. The van der Waals surface area contributed by atoms with Crippen LogP contribution in [0.3, 0.4) is 0 Å².